The summed E-state index contributed by atoms with van der Waals surface area (Å²) in [6.07, 6.45) is -0.544. The second-order valence-electron chi connectivity index (χ2n) is 6.92. The van der Waals surface area contributed by atoms with Gasteiger partial charge < -0.3 is 10.1 Å². The number of amides is 1. The van der Waals surface area contributed by atoms with Crippen LogP contribution in [0.1, 0.15) is 34.1 Å². The lowest BCUT2D eigenvalue weighted by Gasteiger charge is -2.19. The summed E-state index contributed by atoms with van der Waals surface area (Å²) >= 11 is 0. The van der Waals surface area contributed by atoms with Gasteiger partial charge in [-0.1, -0.05) is 51.1 Å². The van der Waals surface area contributed by atoms with E-state index < -0.39 is 6.10 Å². The van der Waals surface area contributed by atoms with Crippen molar-refractivity contribution in [1.29, 1.82) is 0 Å². The Labute approximate surface area is 136 Å². The van der Waals surface area contributed by atoms with E-state index in [-0.39, 0.29) is 23.7 Å². The fourth-order valence-electron chi connectivity index (χ4n) is 2.24. The Kier molecular flexibility index (Phi) is 5.04. The third-order valence-electron chi connectivity index (χ3n) is 3.37. The molecule has 2 aromatic carbocycles. The SMILES string of the molecule is C[C@@H](OC(=O)CC(C)(C)C)C(=O)Nc1ccc2ccccc2c1. The molecular weight excluding hydrogens is 290 g/mol. The van der Waals surface area contributed by atoms with Gasteiger partial charge in [0.05, 0.1) is 6.42 Å². The first-order chi connectivity index (χ1) is 10.7. The molecule has 0 spiro atoms. The molecule has 0 radical (unpaired) electrons. The Hall–Kier alpha value is -2.36. The molecule has 0 aliphatic heterocycles. The lowest BCUT2D eigenvalue weighted by molar-refractivity contribution is -0.154. The molecule has 2 aromatic rings. The maximum Gasteiger partial charge on any atom is 0.307 e. The molecule has 0 saturated heterocycles. The predicted octanol–water partition coefficient (Wildman–Crippen LogP) is 4.15. The zero-order valence-electron chi connectivity index (χ0n) is 14.1. The highest BCUT2D eigenvalue weighted by Gasteiger charge is 2.22. The van der Waals surface area contributed by atoms with E-state index in [0.717, 1.165) is 10.8 Å². The minimum atomic E-state index is -0.823. The predicted molar refractivity (Wildman–Crippen MR) is 92.2 cm³/mol. The zero-order chi connectivity index (χ0) is 17.0. The molecule has 0 aliphatic carbocycles. The summed E-state index contributed by atoms with van der Waals surface area (Å²) in [5.41, 5.74) is 0.526. The standard InChI is InChI=1S/C19H23NO3/c1-13(23-17(21)12-19(2,3)4)18(22)20-16-10-9-14-7-5-6-8-15(14)11-16/h5-11,13H,12H2,1-4H3,(H,20,22)/t13-/m1/s1. The quantitative estimate of drug-likeness (QED) is 0.863. The molecule has 0 aromatic heterocycles. The maximum absolute atomic E-state index is 12.2. The largest absolute Gasteiger partial charge is 0.453 e. The molecule has 0 fully saturated rings. The van der Waals surface area contributed by atoms with Crippen LogP contribution in [0.25, 0.3) is 10.8 Å². The highest BCUT2D eigenvalue weighted by Crippen LogP contribution is 2.21. The zero-order valence-corrected chi connectivity index (χ0v) is 14.1. The van der Waals surface area contributed by atoms with Crippen LogP contribution in [0.3, 0.4) is 0 Å². The van der Waals surface area contributed by atoms with Crippen LogP contribution in [-0.2, 0) is 14.3 Å². The molecule has 1 N–H and O–H groups in total. The summed E-state index contributed by atoms with van der Waals surface area (Å²) in [4.78, 5) is 24.0. The number of rotatable bonds is 4. The van der Waals surface area contributed by atoms with Gasteiger partial charge in [-0.05, 0) is 35.2 Å². The van der Waals surface area contributed by atoms with Gasteiger partial charge in [0.15, 0.2) is 6.10 Å². The van der Waals surface area contributed by atoms with Crippen molar-refractivity contribution in [2.24, 2.45) is 5.41 Å². The van der Waals surface area contributed by atoms with Gasteiger partial charge in [0.1, 0.15) is 0 Å². The van der Waals surface area contributed by atoms with E-state index in [1.165, 1.54) is 0 Å². The number of nitrogens with one attached hydrogen (secondary N) is 1. The van der Waals surface area contributed by atoms with Gasteiger partial charge in [-0.2, -0.15) is 0 Å². The van der Waals surface area contributed by atoms with E-state index in [2.05, 4.69) is 5.32 Å². The summed E-state index contributed by atoms with van der Waals surface area (Å²) in [5, 5.41) is 4.94. The van der Waals surface area contributed by atoms with Crippen LogP contribution in [0.15, 0.2) is 42.5 Å². The molecule has 1 amide bonds. The molecule has 0 heterocycles. The van der Waals surface area contributed by atoms with E-state index in [0.29, 0.717) is 5.69 Å². The summed E-state index contributed by atoms with van der Waals surface area (Å²) in [6, 6.07) is 13.6. The first kappa shape index (κ1) is 17.0. The van der Waals surface area contributed by atoms with E-state index in [1.807, 2.05) is 63.2 Å². The highest BCUT2D eigenvalue weighted by molar-refractivity contribution is 5.97. The number of carbonyl (C=O) groups is 2. The summed E-state index contributed by atoms with van der Waals surface area (Å²) in [5.74, 6) is -0.693. The Bertz CT molecular complexity index is 716. The summed E-state index contributed by atoms with van der Waals surface area (Å²) in [6.45, 7) is 7.44. The molecule has 0 unspecified atom stereocenters. The number of ether oxygens (including phenoxy) is 1. The minimum absolute atomic E-state index is 0.161. The second kappa shape index (κ2) is 6.82. The third kappa shape index (κ3) is 5.09. The molecule has 23 heavy (non-hydrogen) atoms. The third-order valence-corrected chi connectivity index (χ3v) is 3.37. The fraction of sp³-hybridized carbons (Fsp3) is 0.368. The Morgan fingerprint density at radius 2 is 1.74 bits per heavy atom. The van der Waals surface area contributed by atoms with Crippen LogP contribution < -0.4 is 5.32 Å². The number of anilines is 1. The van der Waals surface area contributed by atoms with Crippen LogP contribution in [0.2, 0.25) is 0 Å². The average molecular weight is 313 g/mol. The van der Waals surface area contributed by atoms with E-state index in [9.17, 15) is 9.59 Å². The van der Waals surface area contributed by atoms with Crippen LogP contribution in [0.4, 0.5) is 5.69 Å². The molecular formula is C19H23NO3. The molecule has 0 bridgehead atoms. The van der Waals surface area contributed by atoms with Crippen LogP contribution in [-0.4, -0.2) is 18.0 Å². The van der Waals surface area contributed by atoms with Gasteiger partial charge in [-0.15, -0.1) is 0 Å². The summed E-state index contributed by atoms with van der Waals surface area (Å²) < 4.78 is 5.20. The fourth-order valence-corrected chi connectivity index (χ4v) is 2.24. The number of hydrogen-bond acceptors (Lipinski definition) is 3. The van der Waals surface area contributed by atoms with E-state index in [4.69, 9.17) is 4.74 Å². The first-order valence-electron chi connectivity index (χ1n) is 7.74. The van der Waals surface area contributed by atoms with Crippen molar-refractivity contribution in [3.63, 3.8) is 0 Å². The van der Waals surface area contributed by atoms with Gasteiger partial charge in [-0.25, -0.2) is 0 Å². The number of carbonyl (C=O) groups excluding carboxylic acids is 2. The van der Waals surface area contributed by atoms with Crippen LogP contribution in [0, 0.1) is 5.41 Å². The summed E-state index contributed by atoms with van der Waals surface area (Å²) in [7, 11) is 0. The molecule has 0 saturated carbocycles. The molecule has 0 aliphatic rings. The monoisotopic (exact) mass is 313 g/mol. The Morgan fingerprint density at radius 3 is 2.39 bits per heavy atom. The van der Waals surface area contributed by atoms with Gasteiger partial charge >= 0.3 is 5.97 Å². The second-order valence-corrected chi connectivity index (χ2v) is 6.92. The van der Waals surface area contributed by atoms with Crippen molar-refractivity contribution in [2.75, 3.05) is 5.32 Å². The smallest absolute Gasteiger partial charge is 0.307 e. The van der Waals surface area contributed by atoms with E-state index >= 15 is 0 Å². The van der Waals surface area contributed by atoms with Crippen molar-refractivity contribution in [3.05, 3.63) is 42.5 Å². The maximum atomic E-state index is 12.2. The first-order valence-corrected chi connectivity index (χ1v) is 7.74. The number of esters is 1. The molecule has 122 valence electrons. The van der Waals surface area contributed by atoms with Gasteiger partial charge in [0, 0.05) is 5.69 Å². The Morgan fingerprint density at radius 1 is 1.09 bits per heavy atom. The number of benzene rings is 2. The Balaban J connectivity index is 1.98. The van der Waals surface area contributed by atoms with Crippen LogP contribution in [0.5, 0.6) is 0 Å². The number of hydrogen-bond donors (Lipinski definition) is 1. The topological polar surface area (TPSA) is 55.4 Å². The van der Waals surface area contributed by atoms with Gasteiger partial charge in [0.25, 0.3) is 5.91 Å². The normalized spacial score (nSPS) is 12.7. The molecule has 2 rings (SSSR count). The van der Waals surface area contributed by atoms with Crippen molar-refractivity contribution < 1.29 is 14.3 Å². The molecule has 4 nitrogen and oxygen atoms in total. The van der Waals surface area contributed by atoms with Crippen molar-refractivity contribution in [3.8, 4) is 0 Å². The van der Waals surface area contributed by atoms with E-state index in [1.54, 1.807) is 6.92 Å². The lowest BCUT2D eigenvalue weighted by Crippen LogP contribution is -2.31. The molecule has 1 atom stereocenters. The average Bonchev–Trinajstić information content (AvgIpc) is 2.45. The molecule has 4 heteroatoms. The van der Waals surface area contributed by atoms with Gasteiger partial charge in [0.2, 0.25) is 0 Å². The van der Waals surface area contributed by atoms with Crippen LogP contribution >= 0.6 is 0 Å². The van der Waals surface area contributed by atoms with Crippen molar-refractivity contribution in [2.45, 2.75) is 40.2 Å². The number of fused-ring (bicyclic) bond motifs is 1. The minimum Gasteiger partial charge on any atom is -0.453 e. The van der Waals surface area contributed by atoms with Gasteiger partial charge in [-0.3, -0.25) is 9.59 Å². The lowest BCUT2D eigenvalue weighted by atomic mass is 9.92. The van der Waals surface area contributed by atoms with Crippen molar-refractivity contribution in [1.82, 2.24) is 0 Å². The highest BCUT2D eigenvalue weighted by atomic mass is 16.5. The van der Waals surface area contributed by atoms with Crippen molar-refractivity contribution >= 4 is 28.3 Å².